The highest BCUT2D eigenvalue weighted by Crippen LogP contribution is 2.33. The topological polar surface area (TPSA) is 57.6 Å². The van der Waals surface area contributed by atoms with Gasteiger partial charge in [0.15, 0.2) is 0 Å². The minimum atomic E-state index is -0.879. The number of likely N-dealkylation sites (tertiary alicyclic amines) is 1. The lowest BCUT2D eigenvalue weighted by Crippen LogP contribution is -2.37. The molecule has 4 heteroatoms. The SMILES string of the molecule is CC(=O)N1CCCCC1c1cc(CCC2CCCCC2)cc(C(=O)O)c1. The normalized spacial score (nSPS) is 21.6. The molecule has 1 saturated carbocycles. The zero-order valence-corrected chi connectivity index (χ0v) is 15.9. The first kappa shape index (κ1) is 18.9. The summed E-state index contributed by atoms with van der Waals surface area (Å²) in [6, 6.07) is 5.78. The predicted octanol–water partition coefficient (Wildman–Crippen LogP) is 4.97. The highest BCUT2D eigenvalue weighted by atomic mass is 16.4. The Morgan fingerprint density at radius 2 is 1.77 bits per heavy atom. The summed E-state index contributed by atoms with van der Waals surface area (Å²) in [5, 5.41) is 9.54. The van der Waals surface area contributed by atoms with Crippen LogP contribution in [0.5, 0.6) is 0 Å². The van der Waals surface area contributed by atoms with Crippen molar-refractivity contribution in [2.75, 3.05) is 6.54 Å². The summed E-state index contributed by atoms with van der Waals surface area (Å²) in [6.45, 7) is 2.39. The molecule has 0 bridgehead atoms. The van der Waals surface area contributed by atoms with Crippen LogP contribution in [0.2, 0.25) is 0 Å². The Balaban J connectivity index is 1.81. The number of amides is 1. The van der Waals surface area contributed by atoms with E-state index in [1.165, 1.54) is 32.1 Å². The van der Waals surface area contributed by atoms with Crippen LogP contribution in [0.15, 0.2) is 18.2 Å². The molecule has 1 aromatic rings. The Bertz CT molecular complexity index is 649. The van der Waals surface area contributed by atoms with Crippen LogP contribution in [-0.4, -0.2) is 28.4 Å². The molecule has 4 nitrogen and oxygen atoms in total. The van der Waals surface area contributed by atoms with E-state index in [9.17, 15) is 14.7 Å². The van der Waals surface area contributed by atoms with E-state index in [-0.39, 0.29) is 11.9 Å². The molecule has 142 valence electrons. The third kappa shape index (κ3) is 4.66. The van der Waals surface area contributed by atoms with E-state index in [2.05, 4.69) is 6.07 Å². The van der Waals surface area contributed by atoms with Gasteiger partial charge in [0.05, 0.1) is 11.6 Å². The second kappa shape index (κ2) is 8.70. The lowest BCUT2D eigenvalue weighted by atomic mass is 9.84. The largest absolute Gasteiger partial charge is 0.478 e. The first-order valence-corrected chi connectivity index (χ1v) is 10.2. The standard InChI is InChI=1S/C22H31NO3/c1-16(24)23-12-6-5-9-21(23)19-13-18(14-20(15-19)22(25)26)11-10-17-7-3-2-4-8-17/h13-15,17,21H,2-12H2,1H3,(H,25,26). The van der Waals surface area contributed by atoms with Crippen molar-refractivity contribution in [1.82, 2.24) is 4.90 Å². The van der Waals surface area contributed by atoms with Crippen LogP contribution in [-0.2, 0) is 11.2 Å². The number of carboxylic acids is 1. The van der Waals surface area contributed by atoms with Gasteiger partial charge in [0, 0.05) is 13.5 Å². The molecule has 1 atom stereocenters. The smallest absolute Gasteiger partial charge is 0.335 e. The minimum absolute atomic E-state index is 0.0222. The Kier molecular flexibility index (Phi) is 6.33. The molecule has 1 heterocycles. The Labute approximate surface area is 156 Å². The number of aromatic carboxylic acids is 1. The van der Waals surface area contributed by atoms with Gasteiger partial charge in [0.2, 0.25) is 5.91 Å². The first-order valence-electron chi connectivity index (χ1n) is 10.2. The highest BCUT2D eigenvalue weighted by Gasteiger charge is 2.27. The lowest BCUT2D eigenvalue weighted by molar-refractivity contribution is -0.132. The van der Waals surface area contributed by atoms with Crippen LogP contribution >= 0.6 is 0 Å². The van der Waals surface area contributed by atoms with Crippen LogP contribution in [0.25, 0.3) is 0 Å². The summed E-state index contributed by atoms with van der Waals surface area (Å²) in [5.74, 6) is -0.0146. The third-order valence-corrected chi connectivity index (χ3v) is 6.12. The third-order valence-electron chi connectivity index (χ3n) is 6.12. The number of nitrogens with zero attached hydrogens (tertiary/aromatic N) is 1. The average molecular weight is 357 g/mol. The first-order chi connectivity index (χ1) is 12.5. The molecule has 2 fully saturated rings. The van der Waals surface area contributed by atoms with E-state index in [1.807, 2.05) is 11.0 Å². The van der Waals surface area contributed by atoms with Gasteiger partial charge in [0.1, 0.15) is 0 Å². The Morgan fingerprint density at radius 3 is 2.46 bits per heavy atom. The van der Waals surface area contributed by atoms with Gasteiger partial charge in [-0.1, -0.05) is 38.2 Å². The van der Waals surface area contributed by atoms with Gasteiger partial charge in [-0.25, -0.2) is 4.79 Å². The van der Waals surface area contributed by atoms with Crippen molar-refractivity contribution in [3.63, 3.8) is 0 Å². The Morgan fingerprint density at radius 1 is 1.04 bits per heavy atom. The van der Waals surface area contributed by atoms with E-state index in [0.29, 0.717) is 5.56 Å². The van der Waals surface area contributed by atoms with Crippen molar-refractivity contribution >= 4 is 11.9 Å². The summed E-state index contributed by atoms with van der Waals surface area (Å²) in [5.41, 5.74) is 2.47. The molecule has 1 unspecified atom stereocenters. The number of carboxylic acid groups (broad SMARTS) is 1. The lowest BCUT2D eigenvalue weighted by Gasteiger charge is -2.35. The fraction of sp³-hybridized carbons (Fsp3) is 0.636. The molecule has 26 heavy (non-hydrogen) atoms. The monoisotopic (exact) mass is 357 g/mol. The van der Waals surface area contributed by atoms with Gasteiger partial charge < -0.3 is 10.0 Å². The van der Waals surface area contributed by atoms with Gasteiger partial charge in [-0.2, -0.15) is 0 Å². The number of carbonyl (C=O) groups is 2. The van der Waals surface area contributed by atoms with Gasteiger partial charge in [-0.05, 0) is 61.3 Å². The van der Waals surface area contributed by atoms with Crippen molar-refractivity contribution in [2.24, 2.45) is 5.92 Å². The van der Waals surface area contributed by atoms with E-state index in [1.54, 1.807) is 13.0 Å². The molecule has 0 spiro atoms. The van der Waals surface area contributed by atoms with Crippen LogP contribution in [0.3, 0.4) is 0 Å². The van der Waals surface area contributed by atoms with Gasteiger partial charge in [-0.15, -0.1) is 0 Å². The van der Waals surface area contributed by atoms with E-state index in [0.717, 1.165) is 55.7 Å². The maximum atomic E-state index is 12.0. The molecule has 1 aliphatic heterocycles. The average Bonchev–Trinajstić information content (AvgIpc) is 2.67. The molecule has 2 aliphatic rings. The van der Waals surface area contributed by atoms with E-state index >= 15 is 0 Å². The molecule has 0 aromatic heterocycles. The fourth-order valence-corrected chi connectivity index (χ4v) is 4.68. The molecule has 3 rings (SSSR count). The summed E-state index contributed by atoms with van der Waals surface area (Å²) >= 11 is 0. The number of piperidine rings is 1. The van der Waals surface area contributed by atoms with E-state index in [4.69, 9.17) is 0 Å². The number of aryl methyl sites for hydroxylation is 1. The number of hydrogen-bond donors (Lipinski definition) is 1. The summed E-state index contributed by atoms with van der Waals surface area (Å²) in [6.07, 6.45) is 11.8. The molecule has 1 amide bonds. The highest BCUT2D eigenvalue weighted by molar-refractivity contribution is 5.88. The maximum Gasteiger partial charge on any atom is 0.335 e. The van der Waals surface area contributed by atoms with Gasteiger partial charge >= 0.3 is 5.97 Å². The van der Waals surface area contributed by atoms with Gasteiger partial charge in [-0.3, -0.25) is 4.79 Å². The quantitative estimate of drug-likeness (QED) is 0.809. The Hall–Kier alpha value is -1.84. The number of hydrogen-bond acceptors (Lipinski definition) is 2. The van der Waals surface area contributed by atoms with Crippen molar-refractivity contribution in [3.8, 4) is 0 Å². The molecular weight excluding hydrogens is 326 g/mol. The zero-order chi connectivity index (χ0) is 18.5. The fourth-order valence-electron chi connectivity index (χ4n) is 4.68. The van der Waals surface area contributed by atoms with Crippen LogP contribution in [0.1, 0.15) is 92.2 Å². The van der Waals surface area contributed by atoms with Crippen LogP contribution in [0.4, 0.5) is 0 Å². The van der Waals surface area contributed by atoms with Crippen molar-refractivity contribution < 1.29 is 14.7 Å². The van der Waals surface area contributed by atoms with E-state index < -0.39 is 5.97 Å². The predicted molar refractivity (Wildman–Crippen MR) is 102 cm³/mol. The van der Waals surface area contributed by atoms with Crippen molar-refractivity contribution in [1.29, 1.82) is 0 Å². The molecule has 0 radical (unpaired) electrons. The maximum absolute atomic E-state index is 12.0. The summed E-state index contributed by atoms with van der Waals surface area (Å²) < 4.78 is 0. The van der Waals surface area contributed by atoms with Gasteiger partial charge in [0.25, 0.3) is 0 Å². The van der Waals surface area contributed by atoms with Crippen LogP contribution < -0.4 is 0 Å². The summed E-state index contributed by atoms with van der Waals surface area (Å²) in [7, 11) is 0. The number of carbonyl (C=O) groups excluding carboxylic acids is 1. The number of rotatable bonds is 5. The van der Waals surface area contributed by atoms with Crippen molar-refractivity contribution in [3.05, 3.63) is 34.9 Å². The molecule has 1 aliphatic carbocycles. The zero-order valence-electron chi connectivity index (χ0n) is 15.9. The minimum Gasteiger partial charge on any atom is -0.478 e. The summed E-state index contributed by atoms with van der Waals surface area (Å²) in [4.78, 5) is 25.6. The second-order valence-corrected chi connectivity index (χ2v) is 8.04. The molecule has 1 aromatic carbocycles. The second-order valence-electron chi connectivity index (χ2n) is 8.04. The van der Waals surface area contributed by atoms with Crippen molar-refractivity contribution in [2.45, 2.75) is 77.2 Å². The number of benzene rings is 1. The molecule has 1 saturated heterocycles. The molecular formula is C22H31NO3. The molecule has 1 N–H and O–H groups in total. The van der Waals surface area contributed by atoms with Crippen LogP contribution in [0, 0.1) is 5.92 Å².